The van der Waals surface area contributed by atoms with Crippen LogP contribution in [0.4, 0.5) is 4.39 Å². The second kappa shape index (κ2) is 5.69. The van der Waals surface area contributed by atoms with E-state index < -0.39 is 11.4 Å². The lowest BCUT2D eigenvalue weighted by molar-refractivity contribution is 0.530. The van der Waals surface area contributed by atoms with E-state index in [1.165, 1.54) is 6.07 Å². The number of hydrogen-bond donors (Lipinski definition) is 1. The monoisotopic (exact) mass is 321 g/mol. The minimum absolute atomic E-state index is 0.155. The molecule has 1 unspecified atom stereocenters. The SMILES string of the molecule is C[C@@H](N[S+]([O-])C(C)(C)C)c1ccc(Br)c(F)c1. The van der Waals surface area contributed by atoms with Crippen LogP contribution in [0, 0.1) is 5.82 Å². The van der Waals surface area contributed by atoms with Crippen LogP contribution in [0.3, 0.4) is 0 Å². The predicted octanol–water partition coefficient (Wildman–Crippen LogP) is 3.70. The summed E-state index contributed by atoms with van der Waals surface area (Å²) in [4.78, 5) is 0. The Hall–Kier alpha value is -0.100. The summed E-state index contributed by atoms with van der Waals surface area (Å²) in [5, 5.41) is 0. The van der Waals surface area contributed by atoms with Gasteiger partial charge in [0.05, 0.1) is 10.5 Å². The lowest BCUT2D eigenvalue weighted by atomic mass is 10.1. The van der Waals surface area contributed by atoms with E-state index in [0.717, 1.165) is 5.56 Å². The maximum absolute atomic E-state index is 13.4. The zero-order valence-corrected chi connectivity index (χ0v) is 12.8. The third kappa shape index (κ3) is 4.25. The number of benzene rings is 1. The van der Waals surface area contributed by atoms with Crippen LogP contribution in [0.5, 0.6) is 0 Å². The summed E-state index contributed by atoms with van der Waals surface area (Å²) in [6.07, 6.45) is 0. The first-order chi connectivity index (χ1) is 7.71. The van der Waals surface area contributed by atoms with Gasteiger partial charge >= 0.3 is 0 Å². The standard InChI is InChI=1S/C12H17BrFNOS/c1-8(15-17(16)12(2,3)4)9-5-6-10(13)11(14)7-9/h5-8,15H,1-4H3/t8-,17?/m1/s1. The maximum atomic E-state index is 13.4. The van der Waals surface area contributed by atoms with E-state index in [2.05, 4.69) is 20.7 Å². The molecule has 0 aromatic heterocycles. The molecule has 1 N–H and O–H groups in total. The average molecular weight is 322 g/mol. The molecular formula is C12H17BrFNOS. The molecule has 17 heavy (non-hydrogen) atoms. The molecule has 0 heterocycles. The topological polar surface area (TPSA) is 35.1 Å². The number of nitrogens with one attached hydrogen (secondary N) is 1. The van der Waals surface area contributed by atoms with Gasteiger partial charge in [-0.1, -0.05) is 6.07 Å². The van der Waals surface area contributed by atoms with Crippen LogP contribution in [-0.4, -0.2) is 9.30 Å². The van der Waals surface area contributed by atoms with Crippen molar-refractivity contribution in [2.45, 2.75) is 38.5 Å². The molecule has 2 nitrogen and oxygen atoms in total. The van der Waals surface area contributed by atoms with E-state index >= 15 is 0 Å². The van der Waals surface area contributed by atoms with Crippen LogP contribution >= 0.6 is 15.9 Å². The molecule has 0 aliphatic carbocycles. The number of rotatable bonds is 3. The van der Waals surface area contributed by atoms with E-state index in [4.69, 9.17) is 0 Å². The Balaban J connectivity index is 2.76. The maximum Gasteiger partial charge on any atom is 0.137 e. The molecule has 1 aromatic carbocycles. The summed E-state index contributed by atoms with van der Waals surface area (Å²) in [5.74, 6) is -0.308. The summed E-state index contributed by atoms with van der Waals surface area (Å²) < 4.78 is 28.3. The summed E-state index contributed by atoms with van der Waals surface area (Å²) >= 11 is 1.94. The van der Waals surface area contributed by atoms with Crippen molar-refractivity contribution in [3.63, 3.8) is 0 Å². The fourth-order valence-corrected chi connectivity index (χ4v) is 2.24. The van der Waals surface area contributed by atoms with Gasteiger partial charge in [-0.3, -0.25) is 0 Å². The first-order valence-corrected chi connectivity index (χ1v) is 7.29. The highest BCUT2D eigenvalue weighted by atomic mass is 79.9. The Labute approximate surface area is 113 Å². The summed E-state index contributed by atoms with van der Waals surface area (Å²) in [6.45, 7) is 7.55. The van der Waals surface area contributed by atoms with E-state index in [9.17, 15) is 8.94 Å². The Morgan fingerprint density at radius 2 is 2.00 bits per heavy atom. The van der Waals surface area contributed by atoms with Crippen molar-refractivity contribution in [1.29, 1.82) is 0 Å². The third-order valence-electron chi connectivity index (χ3n) is 2.28. The molecule has 0 radical (unpaired) electrons. The fraction of sp³-hybridized carbons (Fsp3) is 0.500. The van der Waals surface area contributed by atoms with Crippen LogP contribution in [0.25, 0.3) is 0 Å². The van der Waals surface area contributed by atoms with Crippen molar-refractivity contribution in [1.82, 2.24) is 4.72 Å². The van der Waals surface area contributed by atoms with Gasteiger partial charge in [0, 0.05) is 11.4 Å². The van der Waals surface area contributed by atoms with Crippen LogP contribution in [0.2, 0.25) is 0 Å². The first-order valence-electron chi connectivity index (χ1n) is 5.35. The van der Waals surface area contributed by atoms with Gasteiger partial charge < -0.3 is 4.55 Å². The van der Waals surface area contributed by atoms with Crippen LogP contribution in [0.1, 0.15) is 39.3 Å². The minimum Gasteiger partial charge on any atom is -0.598 e. The van der Waals surface area contributed by atoms with Crippen molar-refractivity contribution in [2.24, 2.45) is 0 Å². The molecule has 0 aliphatic rings. The van der Waals surface area contributed by atoms with E-state index in [-0.39, 0.29) is 16.6 Å². The van der Waals surface area contributed by atoms with Crippen molar-refractivity contribution >= 4 is 27.3 Å². The van der Waals surface area contributed by atoms with Crippen molar-refractivity contribution in [2.75, 3.05) is 0 Å². The van der Waals surface area contributed by atoms with Gasteiger partial charge in [0.2, 0.25) is 0 Å². The zero-order chi connectivity index (χ0) is 13.2. The predicted molar refractivity (Wildman–Crippen MR) is 73.5 cm³/mol. The minimum atomic E-state index is -1.16. The molecule has 1 rings (SSSR count). The molecule has 96 valence electrons. The Kier molecular flexibility index (Phi) is 5.01. The van der Waals surface area contributed by atoms with Gasteiger partial charge in [0.1, 0.15) is 10.6 Å². The summed E-state index contributed by atoms with van der Waals surface area (Å²) in [6, 6.07) is 4.76. The largest absolute Gasteiger partial charge is 0.598 e. The smallest absolute Gasteiger partial charge is 0.137 e. The highest BCUT2D eigenvalue weighted by Gasteiger charge is 2.28. The second-order valence-corrected chi connectivity index (χ2v) is 7.75. The molecule has 5 heteroatoms. The zero-order valence-electron chi connectivity index (χ0n) is 10.4. The highest BCUT2D eigenvalue weighted by molar-refractivity contribution is 9.10. The fourth-order valence-electron chi connectivity index (χ4n) is 1.19. The van der Waals surface area contributed by atoms with Gasteiger partial charge in [-0.2, -0.15) is 0 Å². The van der Waals surface area contributed by atoms with Gasteiger partial charge in [-0.25, -0.2) is 4.39 Å². The van der Waals surface area contributed by atoms with Crippen molar-refractivity contribution < 1.29 is 8.94 Å². The van der Waals surface area contributed by atoms with Gasteiger partial charge in [-0.15, -0.1) is 4.72 Å². The molecule has 0 saturated carbocycles. The molecule has 0 bridgehead atoms. The van der Waals surface area contributed by atoms with E-state index in [0.29, 0.717) is 4.47 Å². The Bertz CT molecular complexity index is 395. The molecule has 0 spiro atoms. The Morgan fingerprint density at radius 1 is 1.41 bits per heavy atom. The first kappa shape index (κ1) is 15.0. The van der Waals surface area contributed by atoms with Gasteiger partial charge in [0.25, 0.3) is 0 Å². The lowest BCUT2D eigenvalue weighted by Crippen LogP contribution is -2.40. The molecule has 0 fully saturated rings. The van der Waals surface area contributed by atoms with Gasteiger partial charge in [0.15, 0.2) is 0 Å². The third-order valence-corrected chi connectivity index (χ3v) is 4.61. The molecular weight excluding hydrogens is 305 g/mol. The van der Waals surface area contributed by atoms with E-state index in [1.54, 1.807) is 6.07 Å². The molecule has 1 aromatic rings. The molecule has 0 aliphatic heterocycles. The number of hydrogen-bond acceptors (Lipinski definition) is 2. The Morgan fingerprint density at radius 3 is 2.47 bits per heavy atom. The number of halogens is 2. The van der Waals surface area contributed by atoms with Crippen molar-refractivity contribution in [3.8, 4) is 0 Å². The van der Waals surface area contributed by atoms with Crippen molar-refractivity contribution in [3.05, 3.63) is 34.1 Å². The molecule has 0 saturated heterocycles. The lowest BCUT2D eigenvalue weighted by Gasteiger charge is -2.26. The average Bonchev–Trinajstić information content (AvgIpc) is 2.20. The van der Waals surface area contributed by atoms with Crippen LogP contribution in [0.15, 0.2) is 22.7 Å². The highest BCUT2D eigenvalue weighted by Crippen LogP contribution is 2.23. The van der Waals surface area contributed by atoms with Crippen LogP contribution < -0.4 is 4.72 Å². The second-order valence-electron chi connectivity index (χ2n) is 4.89. The summed E-state index contributed by atoms with van der Waals surface area (Å²) in [7, 11) is 0. The van der Waals surface area contributed by atoms with Gasteiger partial charge in [-0.05, 0) is 61.3 Å². The summed E-state index contributed by atoms with van der Waals surface area (Å²) in [5.41, 5.74) is 0.781. The molecule has 2 atom stereocenters. The van der Waals surface area contributed by atoms with Crippen LogP contribution in [-0.2, 0) is 11.4 Å². The molecule has 0 amide bonds. The van der Waals surface area contributed by atoms with E-state index in [1.807, 2.05) is 33.8 Å². The normalized spacial score (nSPS) is 15.7. The quantitative estimate of drug-likeness (QED) is 0.861.